The van der Waals surface area contributed by atoms with Gasteiger partial charge in [-0.15, -0.1) is 11.8 Å². The number of hydrogen-bond donors (Lipinski definition) is 3. The number of ether oxygens (including phenoxy) is 4. The fourth-order valence-electron chi connectivity index (χ4n) is 4.09. The lowest BCUT2D eigenvalue weighted by Gasteiger charge is -2.51. The first-order valence-electron chi connectivity index (χ1n) is 13.7. The van der Waals surface area contributed by atoms with E-state index in [1.165, 1.54) is 0 Å². The molecule has 0 aromatic carbocycles. The molecular formula is C26H33Cl6N3O11S. The number of carbonyl (C=O) groups excluding carboxylic acids is 5. The van der Waals surface area contributed by atoms with Crippen LogP contribution in [0.1, 0.15) is 41.0 Å². The summed E-state index contributed by atoms with van der Waals surface area (Å²) in [6.45, 7) is 5.89. The predicted molar refractivity (Wildman–Crippen MR) is 175 cm³/mol. The molecule has 0 spiro atoms. The molecule has 0 aromatic heterocycles. The van der Waals surface area contributed by atoms with E-state index in [2.05, 4.69) is 10.6 Å². The van der Waals surface area contributed by atoms with Gasteiger partial charge in [0.1, 0.15) is 42.5 Å². The topological polar surface area (TPSA) is 187 Å². The lowest BCUT2D eigenvalue weighted by Crippen LogP contribution is -2.71. The molecule has 21 heteroatoms. The zero-order valence-electron chi connectivity index (χ0n) is 25.6. The number of nitrogens with zero attached hydrogens (tertiary/aromatic N) is 1. The van der Waals surface area contributed by atoms with Crippen molar-refractivity contribution in [2.45, 2.75) is 77.0 Å². The Morgan fingerprint density at radius 1 is 0.957 bits per heavy atom. The van der Waals surface area contributed by atoms with Gasteiger partial charge in [0.2, 0.25) is 13.5 Å². The van der Waals surface area contributed by atoms with E-state index in [4.69, 9.17) is 88.6 Å². The number of nitrogens with one attached hydrogen (secondary N) is 2. The Bertz CT molecular complexity index is 1240. The minimum absolute atomic E-state index is 0.0468. The zero-order valence-corrected chi connectivity index (χ0v) is 30.9. The number of aliphatic carboxylic acids is 1. The second kappa shape index (κ2) is 16.9. The molecule has 0 saturated carbocycles. The van der Waals surface area contributed by atoms with Crippen LogP contribution in [0.3, 0.4) is 0 Å². The molecule has 2 unspecified atom stereocenters. The van der Waals surface area contributed by atoms with Crippen LogP contribution in [0.2, 0.25) is 0 Å². The van der Waals surface area contributed by atoms with Crippen LogP contribution in [0.15, 0.2) is 11.3 Å². The summed E-state index contributed by atoms with van der Waals surface area (Å²) in [5.41, 5.74) is -1.25. The van der Waals surface area contributed by atoms with E-state index < -0.39 is 110 Å². The van der Waals surface area contributed by atoms with Crippen LogP contribution >= 0.6 is 81.4 Å². The Kier molecular flexibility index (Phi) is 14.9. The Morgan fingerprint density at radius 2 is 1.49 bits per heavy atom. The quantitative estimate of drug-likeness (QED) is 0.0803. The second-order valence-electron chi connectivity index (χ2n) is 11.4. The number of carbonyl (C=O) groups is 6. The fraction of sp³-hybridized carbons (Fsp3) is 0.692. The SMILES string of the molecule is CC(C)OCC1=C(C(=O)O)N2C(=O)C(NC(=O)CNC(=O)OC(C)(C)C)[C@@H]2SC1CC(C(=O)OCC(Cl)(Cl)Cl)C(=O)OCC(Cl)(Cl)Cl. The molecule has 266 valence electrons. The first-order chi connectivity index (χ1) is 21.4. The average molecular weight is 808 g/mol. The van der Waals surface area contributed by atoms with Crippen molar-refractivity contribution in [3.05, 3.63) is 11.3 Å². The Balaban J connectivity index is 2.42. The van der Waals surface area contributed by atoms with Crippen molar-refractivity contribution in [2.24, 2.45) is 5.92 Å². The molecule has 2 heterocycles. The van der Waals surface area contributed by atoms with Crippen molar-refractivity contribution in [1.29, 1.82) is 0 Å². The molecular weight excluding hydrogens is 775 g/mol. The van der Waals surface area contributed by atoms with E-state index in [9.17, 15) is 33.9 Å². The molecule has 0 aromatic rings. The van der Waals surface area contributed by atoms with Crippen molar-refractivity contribution in [1.82, 2.24) is 15.5 Å². The zero-order chi connectivity index (χ0) is 36.1. The van der Waals surface area contributed by atoms with Crippen molar-refractivity contribution in [3.63, 3.8) is 0 Å². The highest BCUT2D eigenvalue weighted by Crippen LogP contribution is 2.46. The van der Waals surface area contributed by atoms with E-state index in [-0.39, 0.29) is 12.2 Å². The maximum atomic E-state index is 13.2. The molecule has 0 radical (unpaired) electrons. The molecule has 3 N–H and O–H groups in total. The van der Waals surface area contributed by atoms with E-state index in [1.807, 2.05) is 0 Å². The third kappa shape index (κ3) is 13.3. The number of carboxylic acid groups (broad SMARTS) is 1. The number of carboxylic acids is 1. The fourth-order valence-corrected chi connectivity index (χ4v) is 6.07. The van der Waals surface area contributed by atoms with Crippen molar-refractivity contribution < 1.29 is 52.8 Å². The highest BCUT2D eigenvalue weighted by atomic mass is 35.6. The van der Waals surface area contributed by atoms with Gasteiger partial charge in [-0.3, -0.25) is 24.1 Å². The van der Waals surface area contributed by atoms with E-state index in [0.717, 1.165) is 16.7 Å². The smallest absolute Gasteiger partial charge is 0.408 e. The number of thioether (sulfide) groups is 1. The van der Waals surface area contributed by atoms with E-state index in [1.54, 1.807) is 34.6 Å². The predicted octanol–water partition coefficient (Wildman–Crippen LogP) is 3.88. The van der Waals surface area contributed by atoms with Crippen molar-refractivity contribution >= 4 is 117 Å². The van der Waals surface area contributed by atoms with Crippen LogP contribution in [0, 0.1) is 5.92 Å². The minimum Gasteiger partial charge on any atom is -0.477 e. The molecule has 3 atom stereocenters. The summed E-state index contributed by atoms with van der Waals surface area (Å²) in [4.78, 5) is 77.5. The third-order valence-corrected chi connectivity index (χ3v) is 8.16. The number of fused-ring (bicyclic) bond motifs is 1. The maximum Gasteiger partial charge on any atom is 0.408 e. The first-order valence-corrected chi connectivity index (χ1v) is 16.9. The normalized spacial score (nSPS) is 20.0. The molecule has 1 fully saturated rings. The van der Waals surface area contributed by atoms with Gasteiger partial charge in [0.05, 0.1) is 12.7 Å². The molecule has 2 aliphatic heterocycles. The van der Waals surface area contributed by atoms with Gasteiger partial charge in [0.25, 0.3) is 5.91 Å². The highest BCUT2D eigenvalue weighted by molar-refractivity contribution is 8.00. The molecule has 0 aliphatic carbocycles. The number of amides is 3. The standard InChI is InChI=1S/C26H33Cl6N3O11S/c1-11(2)43-8-13-14(6-12(21(40)44-9-25(27,28)29)22(41)45-10-26(30,31)32)47-19-16(18(37)35(19)17(13)20(38)39)34-15(36)7-33-23(42)46-24(3,4)5/h11-12,14,16,19H,6-10H2,1-5H3,(H,33,42)(H,34,36)(H,38,39)/t14?,16?,19-/m0/s1. The molecule has 0 bridgehead atoms. The summed E-state index contributed by atoms with van der Waals surface area (Å²) < 4.78 is 16.7. The summed E-state index contributed by atoms with van der Waals surface area (Å²) in [6, 6.07) is -1.25. The first kappa shape index (κ1) is 41.6. The monoisotopic (exact) mass is 805 g/mol. The van der Waals surface area contributed by atoms with Crippen LogP contribution in [-0.2, 0) is 42.9 Å². The summed E-state index contributed by atoms with van der Waals surface area (Å²) >= 11 is 35.1. The van der Waals surface area contributed by atoms with Gasteiger partial charge in [0.15, 0.2) is 5.92 Å². The molecule has 2 rings (SSSR count). The molecule has 1 saturated heterocycles. The van der Waals surface area contributed by atoms with Crippen LogP contribution in [0.4, 0.5) is 4.79 Å². The van der Waals surface area contributed by atoms with Crippen LogP contribution in [-0.4, -0.2) is 108 Å². The van der Waals surface area contributed by atoms with Gasteiger partial charge in [0, 0.05) is 5.25 Å². The summed E-state index contributed by atoms with van der Waals surface area (Å²) in [5, 5.41) is 12.9. The largest absolute Gasteiger partial charge is 0.477 e. The van der Waals surface area contributed by atoms with Gasteiger partial charge in [-0.25, -0.2) is 9.59 Å². The van der Waals surface area contributed by atoms with Gasteiger partial charge >= 0.3 is 24.0 Å². The number of esters is 2. The minimum atomic E-state index is -2.04. The lowest BCUT2D eigenvalue weighted by atomic mass is 9.95. The lowest BCUT2D eigenvalue weighted by molar-refractivity contribution is -0.162. The Labute approximate surface area is 304 Å². The molecule has 14 nitrogen and oxygen atoms in total. The van der Waals surface area contributed by atoms with Crippen molar-refractivity contribution in [3.8, 4) is 0 Å². The number of alkyl halides is 6. The Morgan fingerprint density at radius 3 is 1.94 bits per heavy atom. The highest BCUT2D eigenvalue weighted by Gasteiger charge is 2.57. The summed E-state index contributed by atoms with van der Waals surface area (Å²) in [5.74, 6) is -7.20. The van der Waals surface area contributed by atoms with E-state index >= 15 is 0 Å². The number of rotatable bonds is 13. The van der Waals surface area contributed by atoms with Crippen molar-refractivity contribution in [2.75, 3.05) is 26.4 Å². The third-order valence-electron chi connectivity index (χ3n) is 5.94. The number of alkyl carbamates (subject to hydrolysis) is 1. The second-order valence-corrected chi connectivity index (χ2v) is 17.8. The number of hydrogen-bond acceptors (Lipinski definition) is 11. The van der Waals surface area contributed by atoms with Crippen LogP contribution in [0.5, 0.6) is 0 Å². The Hall–Kier alpha value is -1.59. The van der Waals surface area contributed by atoms with Gasteiger partial charge in [-0.1, -0.05) is 69.6 Å². The van der Waals surface area contributed by atoms with E-state index in [0.29, 0.717) is 0 Å². The van der Waals surface area contributed by atoms with Crippen LogP contribution in [0.25, 0.3) is 0 Å². The summed E-state index contributed by atoms with van der Waals surface area (Å²) in [6.07, 6.45) is -1.73. The maximum absolute atomic E-state index is 13.2. The number of β-lactam (4-membered cyclic amide) rings is 1. The summed E-state index contributed by atoms with van der Waals surface area (Å²) in [7, 11) is 0. The van der Waals surface area contributed by atoms with Gasteiger partial charge in [-0.2, -0.15) is 0 Å². The molecule has 47 heavy (non-hydrogen) atoms. The van der Waals surface area contributed by atoms with Crippen LogP contribution < -0.4 is 10.6 Å². The van der Waals surface area contributed by atoms with Gasteiger partial charge in [-0.05, 0) is 46.6 Å². The average Bonchev–Trinajstić information content (AvgIpc) is 2.91. The van der Waals surface area contributed by atoms with Gasteiger partial charge < -0.3 is 34.7 Å². The molecule has 2 aliphatic rings. The molecule has 3 amide bonds. The number of halogens is 6.